The zero-order valence-electron chi connectivity index (χ0n) is 27.7. The Morgan fingerprint density at radius 2 is 1.89 bits per heavy atom. The summed E-state index contributed by atoms with van der Waals surface area (Å²) < 4.78 is 20.8. The van der Waals surface area contributed by atoms with E-state index in [-0.39, 0.29) is 31.2 Å². The van der Waals surface area contributed by atoms with Gasteiger partial charge in [-0.3, -0.25) is 19.5 Å². The number of nitrogens with one attached hydrogen (secondary N) is 2. The number of unbranched alkanes of at least 4 members (excludes halogenated alkanes) is 5. The summed E-state index contributed by atoms with van der Waals surface area (Å²) in [7, 11) is 0. The van der Waals surface area contributed by atoms with Crippen molar-refractivity contribution in [2.45, 2.75) is 116 Å². The standard InChI is InChI=1S/C34H50FN5O4S2/c1-23-28(45-22-38-23)24-13-14-25(27(20-24)44-18-9-7-5-6-8-10-19-46-36)21-37-30(41)26-12-11-17-40(26)31(42)29(33(2,3)4)39-32(43)34(35)15-16-34/h13-14,20,22,26,29H,5-12,15-19,21,36H2,1-4H3,(H,37,41)(H,39,43). The number of nitrogens with zero attached hydrogens (tertiary/aromatic N) is 2. The molecule has 9 nitrogen and oxygen atoms in total. The van der Waals surface area contributed by atoms with Crippen LogP contribution in [0.4, 0.5) is 4.39 Å². The SMILES string of the molecule is Cc1ncsc1-c1ccc(CNC(=O)C2CCCN2C(=O)C(NC(=O)C2(F)CC2)C(C)(C)C)c(OCCCCCCCCSN)c1. The maximum Gasteiger partial charge on any atom is 0.258 e. The predicted octanol–water partition coefficient (Wildman–Crippen LogP) is 6.09. The van der Waals surface area contributed by atoms with Gasteiger partial charge >= 0.3 is 0 Å². The number of carbonyl (C=O) groups excluding carboxylic acids is 3. The van der Waals surface area contributed by atoms with Crippen LogP contribution in [0.1, 0.15) is 96.2 Å². The number of carbonyl (C=O) groups is 3. The van der Waals surface area contributed by atoms with Gasteiger partial charge in [0.1, 0.15) is 17.8 Å². The van der Waals surface area contributed by atoms with Crippen molar-refractivity contribution < 1.29 is 23.5 Å². The quantitative estimate of drug-likeness (QED) is 0.137. The van der Waals surface area contributed by atoms with Crippen molar-refractivity contribution in [1.82, 2.24) is 20.5 Å². The second-order valence-corrected chi connectivity index (χ2v) is 15.2. The molecular weight excluding hydrogens is 626 g/mol. The second kappa shape index (κ2) is 16.4. The minimum absolute atomic E-state index is 0.171. The lowest BCUT2D eigenvalue weighted by Gasteiger charge is -2.35. The second-order valence-electron chi connectivity index (χ2n) is 13.6. The van der Waals surface area contributed by atoms with Crippen molar-refractivity contribution in [2.75, 3.05) is 18.9 Å². The summed E-state index contributed by atoms with van der Waals surface area (Å²) in [4.78, 5) is 46.8. The fourth-order valence-corrected chi connectivity index (χ4v) is 6.92. The van der Waals surface area contributed by atoms with Crippen LogP contribution < -0.4 is 20.5 Å². The number of likely N-dealkylation sites (tertiary alicyclic amines) is 1. The van der Waals surface area contributed by atoms with Crippen LogP contribution in [0.3, 0.4) is 0 Å². The molecule has 2 aromatic rings. The fourth-order valence-electron chi connectivity index (χ4n) is 5.75. The zero-order valence-corrected chi connectivity index (χ0v) is 29.3. The molecule has 3 amide bonds. The number of thiazole rings is 1. The molecule has 2 unspecified atom stereocenters. The number of hydrogen-bond donors (Lipinski definition) is 3. The highest BCUT2D eigenvalue weighted by atomic mass is 32.2. The van der Waals surface area contributed by atoms with Crippen LogP contribution in [0, 0.1) is 12.3 Å². The lowest BCUT2D eigenvalue weighted by Crippen LogP contribution is -2.58. The van der Waals surface area contributed by atoms with Gasteiger partial charge in [0.15, 0.2) is 5.67 Å². The molecule has 12 heteroatoms. The van der Waals surface area contributed by atoms with Gasteiger partial charge in [0, 0.05) is 24.4 Å². The van der Waals surface area contributed by atoms with Gasteiger partial charge in [0.25, 0.3) is 5.91 Å². The molecule has 4 N–H and O–H groups in total. The molecule has 2 atom stereocenters. The smallest absolute Gasteiger partial charge is 0.258 e. The normalized spacial score (nSPS) is 17.9. The largest absolute Gasteiger partial charge is 0.493 e. The minimum Gasteiger partial charge on any atom is -0.493 e. The molecule has 46 heavy (non-hydrogen) atoms. The number of amides is 3. The summed E-state index contributed by atoms with van der Waals surface area (Å²) in [5.41, 5.74) is 2.12. The Balaban J connectivity index is 1.39. The van der Waals surface area contributed by atoms with Crippen molar-refractivity contribution in [1.29, 1.82) is 0 Å². The van der Waals surface area contributed by atoms with Gasteiger partial charge in [0.2, 0.25) is 11.8 Å². The highest BCUT2D eigenvalue weighted by Crippen LogP contribution is 2.40. The maximum absolute atomic E-state index is 14.5. The Bertz CT molecular complexity index is 1340. The van der Waals surface area contributed by atoms with Gasteiger partial charge in [-0.15, -0.1) is 11.3 Å². The fraction of sp³-hybridized carbons (Fsp3) is 0.647. The number of hydrogen-bond acceptors (Lipinski definition) is 8. The molecule has 2 aliphatic rings. The molecule has 1 aromatic heterocycles. The molecule has 0 spiro atoms. The molecule has 1 aromatic carbocycles. The third-order valence-corrected chi connectivity index (χ3v) is 10.3. The van der Waals surface area contributed by atoms with Crippen molar-refractivity contribution in [3.63, 3.8) is 0 Å². The van der Waals surface area contributed by atoms with Crippen LogP contribution in [0.25, 0.3) is 10.4 Å². The number of nitrogens with two attached hydrogens (primary N) is 1. The Morgan fingerprint density at radius 1 is 1.17 bits per heavy atom. The van der Waals surface area contributed by atoms with E-state index in [2.05, 4.69) is 15.6 Å². The predicted molar refractivity (Wildman–Crippen MR) is 183 cm³/mol. The minimum atomic E-state index is -1.89. The first-order valence-corrected chi connectivity index (χ1v) is 18.4. The molecule has 0 bridgehead atoms. The van der Waals surface area contributed by atoms with Gasteiger partial charge < -0.3 is 20.3 Å². The lowest BCUT2D eigenvalue weighted by molar-refractivity contribution is -0.144. The summed E-state index contributed by atoms with van der Waals surface area (Å²) in [6, 6.07) is 4.42. The Hall–Kier alpha value is -2.70. The molecule has 1 saturated heterocycles. The summed E-state index contributed by atoms with van der Waals surface area (Å²) in [5, 5.41) is 11.2. The first-order chi connectivity index (χ1) is 21.9. The molecule has 2 fully saturated rings. The van der Waals surface area contributed by atoms with Gasteiger partial charge in [-0.2, -0.15) is 0 Å². The summed E-state index contributed by atoms with van der Waals surface area (Å²) in [6.45, 7) is 8.72. The number of alkyl halides is 1. The third kappa shape index (κ3) is 9.67. The van der Waals surface area contributed by atoms with Crippen LogP contribution in [0.2, 0.25) is 0 Å². The van der Waals surface area contributed by atoms with E-state index in [0.29, 0.717) is 26.0 Å². The summed E-state index contributed by atoms with van der Waals surface area (Å²) >= 11 is 2.98. The van der Waals surface area contributed by atoms with Crippen molar-refractivity contribution in [3.05, 3.63) is 35.0 Å². The lowest BCUT2D eigenvalue weighted by atomic mass is 9.85. The van der Waals surface area contributed by atoms with Gasteiger partial charge in [-0.25, -0.2) is 9.37 Å². The van der Waals surface area contributed by atoms with Crippen LogP contribution in [0.15, 0.2) is 23.7 Å². The number of rotatable bonds is 17. The zero-order chi connectivity index (χ0) is 33.3. The molecule has 1 aliphatic heterocycles. The van der Waals surface area contributed by atoms with E-state index in [9.17, 15) is 18.8 Å². The molecular formula is C34H50FN5O4S2. The first kappa shape index (κ1) is 36.1. The molecule has 1 saturated carbocycles. The first-order valence-electron chi connectivity index (χ1n) is 16.5. The van der Waals surface area contributed by atoms with Crippen LogP contribution in [-0.4, -0.2) is 64.3 Å². The molecule has 1 aliphatic carbocycles. The van der Waals surface area contributed by atoms with E-state index < -0.39 is 29.1 Å². The van der Waals surface area contributed by atoms with Crippen LogP contribution in [0.5, 0.6) is 5.75 Å². The third-order valence-electron chi connectivity index (χ3n) is 8.76. The van der Waals surface area contributed by atoms with Crippen molar-refractivity contribution >= 4 is 41.0 Å². The average molecular weight is 676 g/mol. The van der Waals surface area contributed by atoms with E-state index in [1.165, 1.54) is 24.8 Å². The van der Waals surface area contributed by atoms with E-state index in [4.69, 9.17) is 9.88 Å². The molecule has 0 radical (unpaired) electrons. The number of aryl methyl sites for hydroxylation is 1. The van der Waals surface area contributed by atoms with Gasteiger partial charge in [-0.1, -0.05) is 70.5 Å². The summed E-state index contributed by atoms with van der Waals surface area (Å²) in [6.07, 6.45) is 8.26. The van der Waals surface area contributed by atoms with E-state index in [0.717, 1.165) is 58.9 Å². The topological polar surface area (TPSA) is 127 Å². The van der Waals surface area contributed by atoms with Crippen LogP contribution >= 0.6 is 23.3 Å². The highest BCUT2D eigenvalue weighted by Gasteiger charge is 2.53. The maximum atomic E-state index is 14.5. The van der Waals surface area contributed by atoms with Crippen molar-refractivity contribution in [3.8, 4) is 16.2 Å². The Kier molecular flexibility index (Phi) is 12.9. The van der Waals surface area contributed by atoms with Gasteiger partial charge in [0.05, 0.1) is 22.7 Å². The number of halogens is 1. The van der Waals surface area contributed by atoms with E-state index in [1.807, 2.05) is 51.4 Å². The van der Waals surface area contributed by atoms with Gasteiger partial charge in [-0.05, 0) is 62.5 Å². The molecule has 4 rings (SSSR count). The summed E-state index contributed by atoms with van der Waals surface area (Å²) in [5.74, 6) is 0.376. The molecule has 2 heterocycles. The molecule has 254 valence electrons. The van der Waals surface area contributed by atoms with Crippen molar-refractivity contribution in [2.24, 2.45) is 10.6 Å². The average Bonchev–Trinajstić information content (AvgIpc) is 3.38. The highest BCUT2D eigenvalue weighted by molar-refractivity contribution is 7.97. The number of ether oxygens (including phenoxy) is 1. The van der Waals surface area contributed by atoms with Crippen LogP contribution in [-0.2, 0) is 20.9 Å². The Labute approximate surface area is 281 Å². The monoisotopic (exact) mass is 675 g/mol. The van der Waals surface area contributed by atoms with E-state index in [1.54, 1.807) is 16.2 Å². The number of benzene rings is 1. The number of aromatic nitrogens is 1. The Morgan fingerprint density at radius 3 is 2.54 bits per heavy atom. The van der Waals surface area contributed by atoms with E-state index >= 15 is 0 Å².